The molecule has 0 bridgehead atoms. The molecule has 0 radical (unpaired) electrons. The molecule has 8 nitrogen and oxygen atoms in total. The standard InChI is InChI=1S/C29H29IN6O2S/c1-4-9-21-10-8-11-22(27(21)37)17-32-34-28(38)20(3)39-29-35-33-26(36(29)24-12-6-5-7-13-24)18-31-25-15-14-23(30)16-19(25)2/h4-8,10-17,20,31,37H,1,9,18H2,2-3H3,(H,34,38)/b32-17-/t20-/m1/s1. The summed E-state index contributed by atoms with van der Waals surface area (Å²) < 4.78 is 3.13. The number of para-hydroxylation sites is 2. The number of aromatic nitrogens is 3. The third kappa shape index (κ3) is 7.27. The van der Waals surface area contributed by atoms with E-state index in [0.717, 1.165) is 28.3 Å². The van der Waals surface area contributed by atoms with Gasteiger partial charge in [0, 0.05) is 20.5 Å². The highest BCUT2D eigenvalue weighted by Gasteiger charge is 2.21. The fourth-order valence-corrected chi connectivity index (χ4v) is 5.36. The van der Waals surface area contributed by atoms with Crippen molar-refractivity contribution < 1.29 is 9.90 Å². The van der Waals surface area contributed by atoms with E-state index in [9.17, 15) is 9.90 Å². The monoisotopic (exact) mass is 652 g/mol. The number of carbonyl (C=O) groups is 1. The molecular weight excluding hydrogens is 623 g/mol. The zero-order valence-electron chi connectivity index (χ0n) is 21.6. The van der Waals surface area contributed by atoms with Gasteiger partial charge in [-0.05, 0) is 90.4 Å². The van der Waals surface area contributed by atoms with Crippen LogP contribution in [-0.4, -0.2) is 37.2 Å². The third-order valence-electron chi connectivity index (χ3n) is 5.89. The van der Waals surface area contributed by atoms with Gasteiger partial charge in [-0.25, -0.2) is 5.43 Å². The molecule has 0 aliphatic heterocycles. The first-order chi connectivity index (χ1) is 18.9. The number of allylic oxidation sites excluding steroid dienone is 1. The van der Waals surface area contributed by atoms with Crippen molar-refractivity contribution in [2.75, 3.05) is 5.32 Å². The quantitative estimate of drug-likeness (QED) is 0.0617. The Bertz CT molecular complexity index is 1490. The van der Waals surface area contributed by atoms with Gasteiger partial charge in [-0.15, -0.1) is 16.8 Å². The highest BCUT2D eigenvalue weighted by molar-refractivity contribution is 14.1. The van der Waals surface area contributed by atoms with Crippen molar-refractivity contribution in [3.05, 3.63) is 105 Å². The number of nitrogens with one attached hydrogen (secondary N) is 2. The number of aromatic hydroxyl groups is 1. The number of hydrazone groups is 1. The van der Waals surface area contributed by atoms with Crippen LogP contribution in [0.1, 0.15) is 29.4 Å². The van der Waals surface area contributed by atoms with Gasteiger partial charge < -0.3 is 10.4 Å². The van der Waals surface area contributed by atoms with Gasteiger partial charge in [-0.3, -0.25) is 9.36 Å². The van der Waals surface area contributed by atoms with Gasteiger partial charge in [-0.2, -0.15) is 5.10 Å². The van der Waals surface area contributed by atoms with Crippen molar-refractivity contribution in [3.8, 4) is 11.4 Å². The Hall–Kier alpha value is -3.64. The van der Waals surface area contributed by atoms with E-state index in [2.05, 4.69) is 80.3 Å². The number of halogens is 1. The SMILES string of the molecule is C=CCc1cccc(/C=N\NC(=O)[C@@H](C)Sc2nnc(CNc3ccc(I)cc3C)n2-c2ccccc2)c1O. The van der Waals surface area contributed by atoms with Crippen LogP contribution in [0, 0.1) is 10.5 Å². The largest absolute Gasteiger partial charge is 0.507 e. The van der Waals surface area contributed by atoms with Gasteiger partial charge in [0.05, 0.1) is 18.0 Å². The van der Waals surface area contributed by atoms with E-state index in [-0.39, 0.29) is 11.7 Å². The van der Waals surface area contributed by atoms with E-state index in [1.807, 2.05) is 47.0 Å². The second-order valence-corrected chi connectivity index (χ2v) is 11.3. The Labute approximate surface area is 245 Å². The van der Waals surface area contributed by atoms with Crippen molar-refractivity contribution in [3.63, 3.8) is 0 Å². The van der Waals surface area contributed by atoms with Gasteiger partial charge in [-0.1, -0.05) is 48.2 Å². The second-order valence-electron chi connectivity index (χ2n) is 8.72. The first-order valence-electron chi connectivity index (χ1n) is 12.3. The lowest BCUT2D eigenvalue weighted by molar-refractivity contribution is -0.120. The van der Waals surface area contributed by atoms with Crippen molar-refractivity contribution in [2.24, 2.45) is 5.10 Å². The van der Waals surface area contributed by atoms with Crippen LogP contribution in [0.25, 0.3) is 5.69 Å². The summed E-state index contributed by atoms with van der Waals surface area (Å²) in [5.41, 5.74) is 6.90. The third-order valence-corrected chi connectivity index (χ3v) is 7.60. The van der Waals surface area contributed by atoms with E-state index < -0.39 is 5.25 Å². The topological polar surface area (TPSA) is 104 Å². The van der Waals surface area contributed by atoms with Crippen LogP contribution in [0.15, 0.2) is 89.6 Å². The minimum absolute atomic E-state index is 0.121. The summed E-state index contributed by atoms with van der Waals surface area (Å²) in [4.78, 5) is 12.8. The summed E-state index contributed by atoms with van der Waals surface area (Å²) in [6.45, 7) is 8.02. The average molecular weight is 653 g/mol. The van der Waals surface area contributed by atoms with E-state index in [1.54, 1.807) is 19.1 Å². The van der Waals surface area contributed by atoms with Crippen LogP contribution >= 0.6 is 34.4 Å². The maximum absolute atomic E-state index is 12.8. The number of aryl methyl sites for hydroxylation is 1. The van der Waals surface area contributed by atoms with Crippen molar-refractivity contribution >= 4 is 52.2 Å². The number of benzene rings is 3. The van der Waals surface area contributed by atoms with Gasteiger partial charge >= 0.3 is 0 Å². The number of amides is 1. The number of nitrogens with zero attached hydrogens (tertiary/aromatic N) is 4. The Kier molecular flexibility index (Phi) is 9.77. The summed E-state index contributed by atoms with van der Waals surface area (Å²) in [7, 11) is 0. The average Bonchev–Trinajstić information content (AvgIpc) is 3.32. The fourth-order valence-electron chi connectivity index (χ4n) is 3.83. The molecule has 1 atom stereocenters. The lowest BCUT2D eigenvalue weighted by atomic mass is 10.1. The lowest BCUT2D eigenvalue weighted by Gasteiger charge is -2.14. The zero-order valence-corrected chi connectivity index (χ0v) is 24.6. The Morgan fingerprint density at radius 2 is 1.97 bits per heavy atom. The first kappa shape index (κ1) is 28.4. The number of rotatable bonds is 11. The number of anilines is 1. The molecule has 1 heterocycles. The van der Waals surface area contributed by atoms with Crippen molar-refractivity contribution in [1.29, 1.82) is 0 Å². The fraction of sp³-hybridized carbons (Fsp3) is 0.172. The molecule has 0 saturated heterocycles. The van der Waals surface area contributed by atoms with Gasteiger partial charge in [0.1, 0.15) is 5.75 Å². The van der Waals surface area contributed by atoms with Gasteiger partial charge in [0.15, 0.2) is 11.0 Å². The number of phenols is 1. The minimum atomic E-state index is -0.506. The minimum Gasteiger partial charge on any atom is -0.507 e. The van der Waals surface area contributed by atoms with E-state index in [1.165, 1.54) is 21.5 Å². The Morgan fingerprint density at radius 3 is 2.72 bits per heavy atom. The summed E-state index contributed by atoms with van der Waals surface area (Å²) in [6, 6.07) is 21.4. The van der Waals surface area contributed by atoms with Crippen molar-refractivity contribution in [2.45, 2.75) is 37.2 Å². The molecule has 4 aromatic rings. The van der Waals surface area contributed by atoms with E-state index in [4.69, 9.17) is 0 Å². The molecule has 1 amide bonds. The first-order valence-corrected chi connectivity index (χ1v) is 14.2. The lowest BCUT2D eigenvalue weighted by Crippen LogP contribution is -2.27. The number of hydrogen-bond acceptors (Lipinski definition) is 7. The van der Waals surface area contributed by atoms with Crippen LogP contribution < -0.4 is 10.7 Å². The number of carbonyl (C=O) groups excluding carboxylic acids is 1. The maximum atomic E-state index is 12.8. The predicted molar refractivity (Wildman–Crippen MR) is 166 cm³/mol. The van der Waals surface area contributed by atoms with E-state index in [0.29, 0.717) is 23.7 Å². The van der Waals surface area contributed by atoms with Crippen LogP contribution in [0.2, 0.25) is 0 Å². The molecular formula is C29H29IN6O2S. The summed E-state index contributed by atoms with van der Waals surface area (Å²) >= 11 is 3.59. The van der Waals surface area contributed by atoms with Crippen LogP contribution in [0.3, 0.4) is 0 Å². The molecule has 4 rings (SSSR count). The van der Waals surface area contributed by atoms with E-state index >= 15 is 0 Å². The number of thioether (sulfide) groups is 1. The maximum Gasteiger partial charge on any atom is 0.253 e. The molecule has 0 aliphatic carbocycles. The zero-order chi connectivity index (χ0) is 27.8. The molecule has 200 valence electrons. The molecule has 1 aromatic heterocycles. The molecule has 0 aliphatic rings. The predicted octanol–water partition coefficient (Wildman–Crippen LogP) is 5.86. The Balaban J connectivity index is 1.47. The molecule has 0 saturated carbocycles. The molecule has 10 heteroatoms. The molecule has 0 unspecified atom stereocenters. The van der Waals surface area contributed by atoms with Crippen LogP contribution in [0.5, 0.6) is 5.75 Å². The number of phenolic OH excluding ortho intramolecular Hbond substituents is 1. The molecule has 3 N–H and O–H groups in total. The molecule has 3 aromatic carbocycles. The second kappa shape index (κ2) is 13.4. The van der Waals surface area contributed by atoms with Crippen LogP contribution in [-0.2, 0) is 17.8 Å². The van der Waals surface area contributed by atoms with Gasteiger partial charge in [0.25, 0.3) is 5.91 Å². The highest BCUT2D eigenvalue weighted by Crippen LogP contribution is 2.27. The summed E-state index contributed by atoms with van der Waals surface area (Å²) in [5.74, 6) is 0.548. The summed E-state index contributed by atoms with van der Waals surface area (Å²) in [6.07, 6.45) is 3.69. The van der Waals surface area contributed by atoms with Crippen molar-refractivity contribution in [1.82, 2.24) is 20.2 Å². The molecule has 0 fully saturated rings. The smallest absolute Gasteiger partial charge is 0.253 e. The molecule has 39 heavy (non-hydrogen) atoms. The Morgan fingerprint density at radius 1 is 1.18 bits per heavy atom. The highest BCUT2D eigenvalue weighted by atomic mass is 127. The number of hydrogen-bond donors (Lipinski definition) is 3. The van der Waals surface area contributed by atoms with Gasteiger partial charge in [0.2, 0.25) is 0 Å². The summed E-state index contributed by atoms with van der Waals surface area (Å²) in [5, 5.41) is 26.8. The van der Waals surface area contributed by atoms with Crippen LogP contribution in [0.4, 0.5) is 5.69 Å². The normalized spacial score (nSPS) is 11.9. The molecule has 0 spiro atoms.